The van der Waals surface area contributed by atoms with Crippen molar-refractivity contribution in [3.8, 4) is 0 Å². The number of morpholine rings is 1. The topological polar surface area (TPSA) is 48.0 Å². The Kier molecular flexibility index (Phi) is 5.19. The smallest absolute Gasteiger partial charge is 0.252 e. The minimum atomic E-state index is -0.280. The third kappa shape index (κ3) is 3.27. The Morgan fingerprint density at radius 2 is 2.21 bits per heavy atom. The Morgan fingerprint density at radius 3 is 2.89 bits per heavy atom. The van der Waals surface area contributed by atoms with Gasteiger partial charge in [-0.05, 0) is 18.3 Å². The average Bonchev–Trinajstić information content (AvgIpc) is 2.88. The van der Waals surface area contributed by atoms with Gasteiger partial charge in [0.2, 0.25) is 0 Å². The Morgan fingerprint density at radius 1 is 1.42 bits per heavy atom. The van der Waals surface area contributed by atoms with Gasteiger partial charge in [-0.25, -0.2) is 0 Å². The van der Waals surface area contributed by atoms with Crippen LogP contribution in [0, 0.1) is 11.8 Å². The molecule has 2 aliphatic rings. The molecule has 1 unspecified atom stereocenters. The summed E-state index contributed by atoms with van der Waals surface area (Å²) in [6.45, 7) is 7.32. The molecule has 2 fully saturated rings. The van der Waals surface area contributed by atoms with Gasteiger partial charge in [-0.2, -0.15) is 0 Å². The van der Waals surface area contributed by atoms with Crippen LogP contribution in [0.1, 0.15) is 20.3 Å². The number of hydrogen-bond acceptors (Lipinski definition) is 4. The molecular formula is C14H25NO4. The minimum absolute atomic E-state index is 0.0169. The van der Waals surface area contributed by atoms with Crippen LogP contribution in [0.2, 0.25) is 0 Å². The molecule has 5 nitrogen and oxygen atoms in total. The van der Waals surface area contributed by atoms with E-state index in [1.807, 2.05) is 4.90 Å². The van der Waals surface area contributed by atoms with Crippen LogP contribution in [-0.4, -0.2) is 63.0 Å². The number of amides is 1. The summed E-state index contributed by atoms with van der Waals surface area (Å²) in [7, 11) is 1.65. The molecule has 5 heteroatoms. The van der Waals surface area contributed by atoms with E-state index in [9.17, 15) is 4.79 Å². The predicted octanol–water partition coefficient (Wildman–Crippen LogP) is 0.921. The summed E-state index contributed by atoms with van der Waals surface area (Å²) in [5, 5.41) is 0. The number of methoxy groups -OCH3 is 1. The summed E-state index contributed by atoms with van der Waals surface area (Å²) in [4.78, 5) is 14.6. The van der Waals surface area contributed by atoms with Crippen LogP contribution >= 0.6 is 0 Å². The molecular weight excluding hydrogens is 246 g/mol. The number of rotatable bonds is 4. The Hall–Kier alpha value is -0.650. The van der Waals surface area contributed by atoms with Crippen molar-refractivity contribution in [1.82, 2.24) is 4.90 Å². The van der Waals surface area contributed by atoms with E-state index in [1.54, 1.807) is 7.11 Å². The molecule has 0 aromatic rings. The van der Waals surface area contributed by atoms with Crippen molar-refractivity contribution in [2.24, 2.45) is 11.8 Å². The van der Waals surface area contributed by atoms with Crippen molar-refractivity contribution in [3.05, 3.63) is 0 Å². The first kappa shape index (κ1) is 14.8. The van der Waals surface area contributed by atoms with Gasteiger partial charge < -0.3 is 19.1 Å². The Labute approximate surface area is 115 Å². The van der Waals surface area contributed by atoms with Crippen molar-refractivity contribution < 1.29 is 19.0 Å². The summed E-state index contributed by atoms with van der Waals surface area (Å²) >= 11 is 0. The quantitative estimate of drug-likeness (QED) is 0.763. The molecule has 19 heavy (non-hydrogen) atoms. The molecule has 2 heterocycles. The van der Waals surface area contributed by atoms with Crippen LogP contribution in [0.25, 0.3) is 0 Å². The second-order valence-electron chi connectivity index (χ2n) is 5.70. The van der Waals surface area contributed by atoms with Crippen LogP contribution in [0.5, 0.6) is 0 Å². The van der Waals surface area contributed by atoms with E-state index in [1.165, 1.54) is 0 Å². The van der Waals surface area contributed by atoms with E-state index in [0.29, 0.717) is 44.8 Å². The number of hydrogen-bond donors (Lipinski definition) is 0. The molecule has 2 rings (SSSR count). The third-order valence-corrected chi connectivity index (χ3v) is 4.11. The molecule has 110 valence electrons. The lowest BCUT2D eigenvalue weighted by Crippen LogP contribution is -2.55. The lowest BCUT2D eigenvalue weighted by atomic mass is 9.88. The van der Waals surface area contributed by atoms with Crippen LogP contribution in [0.15, 0.2) is 0 Å². The maximum atomic E-state index is 12.7. The van der Waals surface area contributed by atoms with E-state index < -0.39 is 0 Å². The van der Waals surface area contributed by atoms with Gasteiger partial charge in [0.25, 0.3) is 5.91 Å². The fourth-order valence-corrected chi connectivity index (χ4v) is 2.98. The molecule has 0 radical (unpaired) electrons. The summed E-state index contributed by atoms with van der Waals surface area (Å²) in [5.74, 6) is 0.915. The number of carbonyl (C=O) groups excluding carboxylic acids is 1. The molecule has 0 aliphatic carbocycles. The van der Waals surface area contributed by atoms with Crippen LogP contribution in [-0.2, 0) is 19.0 Å². The highest BCUT2D eigenvalue weighted by molar-refractivity contribution is 5.82. The standard InChI is InChI=1S/C14H25NO4/c1-10(2)12-4-6-19-13(12)14(16)15-5-7-18-9-11(15)8-17-3/h10-13H,4-9H2,1-3H3/t11?,12-,13-/m1/s1. The van der Waals surface area contributed by atoms with E-state index in [0.717, 1.165) is 6.42 Å². The van der Waals surface area contributed by atoms with E-state index in [2.05, 4.69) is 13.8 Å². The van der Waals surface area contributed by atoms with E-state index in [-0.39, 0.29) is 18.1 Å². The van der Waals surface area contributed by atoms with Gasteiger partial charge >= 0.3 is 0 Å². The maximum Gasteiger partial charge on any atom is 0.252 e. The van der Waals surface area contributed by atoms with Gasteiger partial charge in [0.05, 0.1) is 25.9 Å². The number of carbonyl (C=O) groups is 1. The molecule has 0 aromatic heterocycles. The average molecular weight is 271 g/mol. The number of nitrogens with zero attached hydrogens (tertiary/aromatic N) is 1. The third-order valence-electron chi connectivity index (χ3n) is 4.11. The largest absolute Gasteiger partial charge is 0.382 e. The normalized spacial score (nSPS) is 32.0. The van der Waals surface area contributed by atoms with Crippen LogP contribution < -0.4 is 0 Å². The van der Waals surface area contributed by atoms with Gasteiger partial charge in [-0.15, -0.1) is 0 Å². The second-order valence-corrected chi connectivity index (χ2v) is 5.70. The minimum Gasteiger partial charge on any atom is -0.382 e. The molecule has 0 bridgehead atoms. The first-order valence-electron chi connectivity index (χ1n) is 7.14. The molecule has 0 aromatic carbocycles. The van der Waals surface area contributed by atoms with Crippen molar-refractivity contribution in [2.75, 3.05) is 40.1 Å². The van der Waals surface area contributed by atoms with Crippen LogP contribution in [0.4, 0.5) is 0 Å². The Balaban J connectivity index is 2.04. The highest BCUT2D eigenvalue weighted by Gasteiger charge is 2.40. The number of ether oxygens (including phenoxy) is 3. The first-order valence-corrected chi connectivity index (χ1v) is 7.14. The van der Waals surface area contributed by atoms with Gasteiger partial charge in [0.1, 0.15) is 6.10 Å². The van der Waals surface area contributed by atoms with Crippen LogP contribution in [0.3, 0.4) is 0 Å². The summed E-state index contributed by atoms with van der Waals surface area (Å²) in [6, 6.07) is 0.0169. The lowest BCUT2D eigenvalue weighted by molar-refractivity contribution is -0.154. The molecule has 1 amide bonds. The predicted molar refractivity (Wildman–Crippen MR) is 70.9 cm³/mol. The molecule has 2 aliphatic heterocycles. The van der Waals surface area contributed by atoms with Crippen molar-refractivity contribution >= 4 is 5.91 Å². The molecule has 0 N–H and O–H groups in total. The maximum absolute atomic E-state index is 12.7. The van der Waals surface area contributed by atoms with Gasteiger partial charge in [0, 0.05) is 20.3 Å². The van der Waals surface area contributed by atoms with Gasteiger partial charge in [0.15, 0.2) is 0 Å². The fraction of sp³-hybridized carbons (Fsp3) is 0.929. The zero-order valence-electron chi connectivity index (χ0n) is 12.1. The van der Waals surface area contributed by atoms with Gasteiger partial charge in [-0.1, -0.05) is 13.8 Å². The summed E-state index contributed by atoms with van der Waals surface area (Å²) in [6.07, 6.45) is 0.699. The molecule has 0 saturated carbocycles. The molecule has 2 saturated heterocycles. The molecule has 0 spiro atoms. The second kappa shape index (κ2) is 6.68. The van der Waals surface area contributed by atoms with Crippen molar-refractivity contribution in [3.63, 3.8) is 0 Å². The first-order chi connectivity index (χ1) is 9.15. The van der Waals surface area contributed by atoms with Crippen molar-refractivity contribution in [2.45, 2.75) is 32.4 Å². The summed E-state index contributed by atoms with van der Waals surface area (Å²) < 4.78 is 16.3. The van der Waals surface area contributed by atoms with Crippen molar-refractivity contribution in [1.29, 1.82) is 0 Å². The van der Waals surface area contributed by atoms with Gasteiger partial charge in [-0.3, -0.25) is 4.79 Å². The summed E-state index contributed by atoms with van der Waals surface area (Å²) in [5.41, 5.74) is 0. The SMILES string of the molecule is COCC1COCCN1C(=O)[C@@H]1OCC[C@@H]1C(C)C. The lowest BCUT2D eigenvalue weighted by Gasteiger charge is -2.37. The highest BCUT2D eigenvalue weighted by atomic mass is 16.5. The highest BCUT2D eigenvalue weighted by Crippen LogP contribution is 2.30. The zero-order chi connectivity index (χ0) is 13.8. The molecule has 3 atom stereocenters. The monoisotopic (exact) mass is 271 g/mol. The van der Waals surface area contributed by atoms with E-state index in [4.69, 9.17) is 14.2 Å². The Bertz CT molecular complexity index is 306. The van der Waals surface area contributed by atoms with E-state index >= 15 is 0 Å². The zero-order valence-corrected chi connectivity index (χ0v) is 12.1. The fourth-order valence-electron chi connectivity index (χ4n) is 2.98.